The Kier molecular flexibility index (Phi) is 3.90. The van der Waals surface area contributed by atoms with Crippen molar-refractivity contribution in [2.24, 2.45) is 11.8 Å². The normalized spacial score (nSPS) is 19.3. The number of aryl methyl sites for hydroxylation is 1. The molecule has 0 radical (unpaired) electrons. The summed E-state index contributed by atoms with van der Waals surface area (Å²) in [6.07, 6.45) is 1.87. The van der Waals surface area contributed by atoms with E-state index in [0.29, 0.717) is 29.5 Å². The van der Waals surface area contributed by atoms with Crippen molar-refractivity contribution >= 4 is 23.4 Å². The van der Waals surface area contributed by atoms with Gasteiger partial charge >= 0.3 is 0 Å². The SMILES string of the molecule is Cc1cc(Cl)c(C(=O)N2CC(C(C)C)CC2=O)cn1. The highest BCUT2D eigenvalue weighted by Gasteiger charge is 2.36. The third kappa shape index (κ3) is 2.78. The lowest BCUT2D eigenvalue weighted by Crippen LogP contribution is -2.33. The maximum atomic E-state index is 12.3. The number of rotatable bonds is 2. The molecule has 2 heterocycles. The summed E-state index contributed by atoms with van der Waals surface area (Å²) in [5, 5.41) is 0.346. The van der Waals surface area contributed by atoms with E-state index in [-0.39, 0.29) is 17.7 Å². The number of aromatic nitrogens is 1. The van der Waals surface area contributed by atoms with Gasteiger partial charge in [-0.1, -0.05) is 25.4 Å². The summed E-state index contributed by atoms with van der Waals surface area (Å²) in [5.41, 5.74) is 1.04. The van der Waals surface area contributed by atoms with Gasteiger partial charge in [0.15, 0.2) is 0 Å². The van der Waals surface area contributed by atoms with E-state index in [1.807, 2.05) is 0 Å². The highest BCUT2D eigenvalue weighted by Crippen LogP contribution is 2.27. The molecule has 5 heteroatoms. The average molecular weight is 281 g/mol. The van der Waals surface area contributed by atoms with Crippen LogP contribution in [0.25, 0.3) is 0 Å². The molecular weight excluding hydrogens is 264 g/mol. The van der Waals surface area contributed by atoms with Gasteiger partial charge in [-0.2, -0.15) is 0 Å². The fourth-order valence-electron chi connectivity index (χ4n) is 2.21. The van der Waals surface area contributed by atoms with E-state index >= 15 is 0 Å². The Morgan fingerprint density at radius 3 is 2.74 bits per heavy atom. The van der Waals surface area contributed by atoms with Gasteiger partial charge < -0.3 is 0 Å². The summed E-state index contributed by atoms with van der Waals surface area (Å²) in [4.78, 5) is 29.6. The molecule has 1 fully saturated rings. The van der Waals surface area contributed by atoms with Crippen molar-refractivity contribution in [3.8, 4) is 0 Å². The molecule has 4 nitrogen and oxygen atoms in total. The quantitative estimate of drug-likeness (QED) is 0.783. The van der Waals surface area contributed by atoms with E-state index in [0.717, 1.165) is 5.69 Å². The molecule has 0 spiro atoms. The van der Waals surface area contributed by atoms with E-state index in [1.54, 1.807) is 13.0 Å². The predicted octanol–water partition coefficient (Wildman–Crippen LogP) is 2.69. The largest absolute Gasteiger partial charge is 0.278 e. The molecule has 1 aliphatic rings. The lowest BCUT2D eigenvalue weighted by molar-refractivity contribution is -0.125. The lowest BCUT2D eigenvalue weighted by Gasteiger charge is -2.17. The molecule has 0 aromatic carbocycles. The van der Waals surface area contributed by atoms with Gasteiger partial charge in [-0.15, -0.1) is 0 Å². The van der Waals surface area contributed by atoms with Crippen LogP contribution in [0.4, 0.5) is 0 Å². The summed E-state index contributed by atoms with van der Waals surface area (Å²) in [5.74, 6) is 0.146. The fraction of sp³-hybridized carbons (Fsp3) is 0.500. The third-order valence-corrected chi connectivity index (χ3v) is 3.88. The molecule has 2 amide bonds. The number of imide groups is 1. The maximum Gasteiger partial charge on any atom is 0.263 e. The monoisotopic (exact) mass is 280 g/mol. The third-order valence-electron chi connectivity index (χ3n) is 3.56. The van der Waals surface area contributed by atoms with Crippen molar-refractivity contribution in [2.45, 2.75) is 27.2 Å². The van der Waals surface area contributed by atoms with Gasteiger partial charge in [0.1, 0.15) is 0 Å². The minimum absolute atomic E-state index is 0.125. The van der Waals surface area contributed by atoms with Crippen LogP contribution in [0.3, 0.4) is 0 Å². The number of amides is 2. The van der Waals surface area contributed by atoms with E-state index in [2.05, 4.69) is 18.8 Å². The molecule has 1 atom stereocenters. The second kappa shape index (κ2) is 5.29. The van der Waals surface area contributed by atoms with E-state index in [9.17, 15) is 9.59 Å². The van der Waals surface area contributed by atoms with Gasteiger partial charge in [0.25, 0.3) is 5.91 Å². The lowest BCUT2D eigenvalue weighted by atomic mass is 9.95. The Morgan fingerprint density at radius 1 is 1.53 bits per heavy atom. The van der Waals surface area contributed by atoms with Gasteiger partial charge in [-0.05, 0) is 24.8 Å². The van der Waals surface area contributed by atoms with Crippen molar-refractivity contribution in [1.29, 1.82) is 0 Å². The zero-order valence-electron chi connectivity index (χ0n) is 11.3. The van der Waals surface area contributed by atoms with Crippen molar-refractivity contribution < 1.29 is 9.59 Å². The Hall–Kier alpha value is -1.42. The molecular formula is C14H17ClN2O2. The number of hydrogen-bond donors (Lipinski definition) is 0. The minimum Gasteiger partial charge on any atom is -0.278 e. The number of pyridine rings is 1. The predicted molar refractivity (Wildman–Crippen MR) is 73.0 cm³/mol. The second-order valence-corrected chi connectivity index (χ2v) is 5.73. The minimum atomic E-state index is -0.342. The Morgan fingerprint density at radius 2 is 2.21 bits per heavy atom. The van der Waals surface area contributed by atoms with Gasteiger partial charge in [-0.3, -0.25) is 19.5 Å². The standard InChI is InChI=1S/C14H17ClN2O2/c1-8(2)10-5-13(18)17(7-10)14(19)11-6-16-9(3)4-12(11)15/h4,6,8,10H,5,7H2,1-3H3. The first kappa shape index (κ1) is 14.0. The first-order chi connectivity index (χ1) is 8.90. The molecule has 1 saturated heterocycles. The topological polar surface area (TPSA) is 50.3 Å². The molecule has 19 heavy (non-hydrogen) atoms. The van der Waals surface area contributed by atoms with Crippen molar-refractivity contribution in [1.82, 2.24) is 9.88 Å². The van der Waals surface area contributed by atoms with Crippen LogP contribution in [0, 0.1) is 18.8 Å². The molecule has 0 aliphatic carbocycles. The molecule has 0 N–H and O–H groups in total. The molecule has 0 saturated carbocycles. The Balaban J connectivity index is 2.23. The molecule has 1 aromatic heterocycles. The van der Waals surface area contributed by atoms with Crippen LogP contribution in [-0.2, 0) is 4.79 Å². The van der Waals surface area contributed by atoms with E-state index < -0.39 is 0 Å². The summed E-state index contributed by atoms with van der Waals surface area (Å²) >= 11 is 6.05. The fourth-order valence-corrected chi connectivity index (χ4v) is 2.49. The van der Waals surface area contributed by atoms with Crippen LogP contribution >= 0.6 is 11.6 Å². The van der Waals surface area contributed by atoms with Crippen molar-refractivity contribution in [3.63, 3.8) is 0 Å². The number of carbonyl (C=O) groups is 2. The Bertz CT molecular complexity index is 528. The van der Waals surface area contributed by atoms with Gasteiger partial charge in [-0.25, -0.2) is 0 Å². The van der Waals surface area contributed by atoms with Gasteiger partial charge in [0, 0.05) is 24.9 Å². The number of hydrogen-bond acceptors (Lipinski definition) is 3. The zero-order chi connectivity index (χ0) is 14.2. The van der Waals surface area contributed by atoms with Crippen LogP contribution in [0.2, 0.25) is 5.02 Å². The Labute approximate surface area is 117 Å². The van der Waals surface area contributed by atoms with Gasteiger partial charge in [0.2, 0.25) is 5.91 Å². The smallest absolute Gasteiger partial charge is 0.263 e. The second-order valence-electron chi connectivity index (χ2n) is 5.32. The van der Waals surface area contributed by atoms with E-state index in [4.69, 9.17) is 11.6 Å². The zero-order valence-corrected chi connectivity index (χ0v) is 12.1. The summed E-state index contributed by atoms with van der Waals surface area (Å²) in [7, 11) is 0. The van der Waals surface area contributed by atoms with Crippen molar-refractivity contribution in [3.05, 3.63) is 28.5 Å². The molecule has 1 unspecified atom stereocenters. The van der Waals surface area contributed by atoms with Crippen LogP contribution in [0.15, 0.2) is 12.3 Å². The van der Waals surface area contributed by atoms with Gasteiger partial charge in [0.05, 0.1) is 10.6 Å². The number of nitrogens with zero attached hydrogens (tertiary/aromatic N) is 2. The first-order valence-electron chi connectivity index (χ1n) is 6.37. The molecule has 2 rings (SSSR count). The first-order valence-corrected chi connectivity index (χ1v) is 6.74. The summed E-state index contributed by atoms with van der Waals surface area (Å²) < 4.78 is 0. The molecule has 102 valence electrons. The van der Waals surface area contributed by atoms with Crippen LogP contribution < -0.4 is 0 Å². The molecule has 1 aromatic rings. The van der Waals surface area contributed by atoms with Crippen LogP contribution in [0.5, 0.6) is 0 Å². The van der Waals surface area contributed by atoms with Crippen molar-refractivity contribution in [2.75, 3.05) is 6.54 Å². The number of carbonyl (C=O) groups excluding carboxylic acids is 2. The highest BCUT2D eigenvalue weighted by atomic mass is 35.5. The van der Waals surface area contributed by atoms with Crippen LogP contribution in [-0.4, -0.2) is 28.2 Å². The summed E-state index contributed by atoms with van der Waals surface area (Å²) in [6.45, 7) is 6.40. The molecule has 0 bridgehead atoms. The van der Waals surface area contributed by atoms with Crippen LogP contribution in [0.1, 0.15) is 36.3 Å². The average Bonchev–Trinajstić information content (AvgIpc) is 2.71. The highest BCUT2D eigenvalue weighted by molar-refractivity contribution is 6.34. The number of halogens is 1. The summed E-state index contributed by atoms with van der Waals surface area (Å²) in [6, 6.07) is 1.63. The maximum absolute atomic E-state index is 12.3. The number of likely N-dealkylation sites (tertiary alicyclic amines) is 1. The molecule has 1 aliphatic heterocycles. The van der Waals surface area contributed by atoms with E-state index in [1.165, 1.54) is 11.1 Å².